The maximum atomic E-state index is 13.6. The number of amides is 1. The van der Waals surface area contributed by atoms with E-state index in [0.717, 1.165) is 38.3 Å². The minimum atomic E-state index is -0.898. The van der Waals surface area contributed by atoms with Crippen LogP contribution in [-0.4, -0.2) is 64.1 Å². The van der Waals surface area contributed by atoms with E-state index in [1.54, 1.807) is 4.90 Å². The zero-order valence-electron chi connectivity index (χ0n) is 16.4. The van der Waals surface area contributed by atoms with Crippen LogP contribution in [0.25, 0.3) is 0 Å². The summed E-state index contributed by atoms with van der Waals surface area (Å²) in [5, 5.41) is 21.5. The first-order valence-electron chi connectivity index (χ1n) is 10.3. The summed E-state index contributed by atoms with van der Waals surface area (Å²) < 4.78 is 26.5. The van der Waals surface area contributed by atoms with Crippen molar-refractivity contribution in [3.63, 3.8) is 0 Å². The Labute approximate surface area is 165 Å². The summed E-state index contributed by atoms with van der Waals surface area (Å²) in [5.74, 6) is -0.953. The zero-order valence-corrected chi connectivity index (χ0v) is 16.4. The van der Waals surface area contributed by atoms with Crippen LogP contribution in [0.15, 0.2) is 18.2 Å². The Bertz CT molecular complexity index is 690. The summed E-state index contributed by atoms with van der Waals surface area (Å²) >= 11 is 0. The number of β-amino-alcohol motifs (C(OH)–C–C–N with tert-alkyl or cyclic N) is 1. The van der Waals surface area contributed by atoms with Crippen LogP contribution >= 0.6 is 0 Å². The van der Waals surface area contributed by atoms with Crippen LogP contribution in [0, 0.1) is 11.6 Å². The Kier molecular flexibility index (Phi) is 6.68. The monoisotopic (exact) mass is 397 g/mol. The van der Waals surface area contributed by atoms with E-state index in [2.05, 4.69) is 0 Å². The van der Waals surface area contributed by atoms with Crippen molar-refractivity contribution in [3.8, 4) is 0 Å². The molecule has 0 aliphatic carbocycles. The predicted octanol–water partition coefficient (Wildman–Crippen LogP) is 3.03. The van der Waals surface area contributed by atoms with E-state index in [4.69, 9.17) is 0 Å². The molecule has 0 unspecified atom stereocenters. The third-order valence-corrected chi connectivity index (χ3v) is 6.18. The maximum absolute atomic E-state index is 13.6. The van der Waals surface area contributed by atoms with Gasteiger partial charge in [-0.3, -0.25) is 4.79 Å². The van der Waals surface area contributed by atoms with Crippen molar-refractivity contribution in [2.24, 2.45) is 0 Å². The third-order valence-electron chi connectivity index (χ3n) is 6.18. The Morgan fingerprint density at radius 2 is 1.89 bits per heavy atom. The third kappa shape index (κ3) is 5.49. The summed E-state index contributed by atoms with van der Waals surface area (Å²) in [6.45, 7) is 2.64. The van der Waals surface area contributed by atoms with Gasteiger partial charge in [0.1, 0.15) is 31.3 Å². The highest BCUT2D eigenvalue weighted by Gasteiger charge is 2.43. The molecule has 0 radical (unpaired) electrons. The molecular weight excluding hydrogens is 366 g/mol. The topological polar surface area (TPSA) is 60.8 Å². The SMILES string of the molecule is O=C1CCCN1CC1(O)CC[N+](O)(CCCCCc2ccc(F)cc2F)CC1. The molecule has 156 valence electrons. The summed E-state index contributed by atoms with van der Waals surface area (Å²) in [6, 6.07) is 3.67. The second-order valence-corrected chi connectivity index (χ2v) is 8.46. The summed E-state index contributed by atoms with van der Waals surface area (Å²) in [5.41, 5.74) is -0.376. The zero-order chi connectivity index (χ0) is 20.2. The van der Waals surface area contributed by atoms with Crippen molar-refractivity contribution in [1.29, 1.82) is 0 Å². The first kappa shape index (κ1) is 21.1. The van der Waals surface area contributed by atoms with E-state index in [1.807, 2.05) is 0 Å². The lowest BCUT2D eigenvalue weighted by Gasteiger charge is -2.42. The lowest BCUT2D eigenvalue weighted by atomic mass is 9.90. The number of rotatable bonds is 8. The van der Waals surface area contributed by atoms with Gasteiger partial charge in [0.15, 0.2) is 0 Å². The number of unbranched alkanes of at least 4 members (excludes halogenated alkanes) is 2. The molecule has 0 spiro atoms. The van der Waals surface area contributed by atoms with Gasteiger partial charge in [0, 0.05) is 38.4 Å². The van der Waals surface area contributed by atoms with Crippen LogP contribution < -0.4 is 0 Å². The van der Waals surface area contributed by atoms with E-state index in [0.29, 0.717) is 57.4 Å². The van der Waals surface area contributed by atoms with Crippen molar-refractivity contribution < 1.29 is 28.5 Å². The largest absolute Gasteiger partial charge is 0.388 e. The molecule has 0 bridgehead atoms. The van der Waals surface area contributed by atoms with Crippen molar-refractivity contribution >= 4 is 5.91 Å². The molecule has 0 saturated carbocycles. The highest BCUT2D eigenvalue weighted by molar-refractivity contribution is 5.78. The first-order valence-corrected chi connectivity index (χ1v) is 10.3. The van der Waals surface area contributed by atoms with Crippen LogP contribution in [0.5, 0.6) is 0 Å². The maximum Gasteiger partial charge on any atom is 0.222 e. The predicted molar refractivity (Wildman–Crippen MR) is 101 cm³/mol. The molecule has 2 aliphatic rings. The lowest BCUT2D eigenvalue weighted by molar-refractivity contribution is -1.11. The Hall–Kier alpha value is -1.57. The van der Waals surface area contributed by atoms with Crippen molar-refractivity contribution in [2.45, 2.75) is 57.0 Å². The van der Waals surface area contributed by atoms with Crippen molar-refractivity contribution in [2.75, 3.05) is 32.7 Å². The average Bonchev–Trinajstić information content (AvgIpc) is 3.04. The molecule has 1 amide bonds. The van der Waals surface area contributed by atoms with Gasteiger partial charge in [-0.1, -0.05) is 6.07 Å². The molecule has 2 aliphatic heterocycles. The average molecular weight is 397 g/mol. The number of nitrogens with zero attached hydrogens (tertiary/aromatic N) is 2. The molecule has 0 aromatic heterocycles. The second-order valence-electron chi connectivity index (χ2n) is 8.46. The Morgan fingerprint density at radius 1 is 1.14 bits per heavy atom. The fraction of sp³-hybridized carbons (Fsp3) is 0.667. The molecule has 1 aromatic carbocycles. The number of aryl methyl sites for hydroxylation is 1. The minimum absolute atomic E-state index is 0.0544. The van der Waals surface area contributed by atoms with Crippen LogP contribution in [0.2, 0.25) is 0 Å². The summed E-state index contributed by atoms with van der Waals surface area (Å²) in [4.78, 5) is 13.5. The number of aliphatic hydroxyl groups is 1. The smallest absolute Gasteiger partial charge is 0.222 e. The minimum Gasteiger partial charge on any atom is -0.388 e. The number of carbonyl (C=O) groups is 1. The van der Waals surface area contributed by atoms with Gasteiger partial charge < -0.3 is 10.0 Å². The van der Waals surface area contributed by atoms with Crippen LogP contribution in [0.3, 0.4) is 0 Å². The number of carbonyl (C=O) groups excluding carboxylic acids is 1. The number of likely N-dealkylation sites (tertiary alicyclic amines) is 2. The van der Waals surface area contributed by atoms with Gasteiger partial charge in [-0.25, -0.2) is 14.0 Å². The van der Waals surface area contributed by atoms with Crippen LogP contribution in [0.1, 0.15) is 50.5 Å². The highest BCUT2D eigenvalue weighted by Crippen LogP contribution is 2.28. The van der Waals surface area contributed by atoms with Crippen LogP contribution in [0.4, 0.5) is 8.78 Å². The van der Waals surface area contributed by atoms with E-state index in [-0.39, 0.29) is 10.6 Å². The number of quaternary nitrogens is 1. The van der Waals surface area contributed by atoms with Crippen LogP contribution in [-0.2, 0) is 11.2 Å². The number of hydrogen-bond donors (Lipinski definition) is 2. The van der Waals surface area contributed by atoms with E-state index >= 15 is 0 Å². The molecule has 5 nitrogen and oxygen atoms in total. The van der Waals surface area contributed by atoms with Gasteiger partial charge in [-0.05, 0) is 43.7 Å². The number of piperidine rings is 1. The molecule has 2 saturated heterocycles. The Balaban J connectivity index is 1.36. The number of hydrogen-bond acceptors (Lipinski definition) is 3. The standard InChI is InChI=1S/C21H31F2N2O3/c22-18-8-7-17(19(23)15-18)5-2-1-3-12-25(28)13-9-21(27,10-14-25)16-24-11-4-6-20(24)26/h7-8,15,27-28H,1-6,9-14,16H2/q+1. The van der Waals surface area contributed by atoms with Gasteiger partial charge in [0.25, 0.3) is 0 Å². The van der Waals surface area contributed by atoms with Crippen molar-refractivity contribution in [1.82, 2.24) is 4.90 Å². The van der Waals surface area contributed by atoms with E-state index in [1.165, 1.54) is 12.1 Å². The van der Waals surface area contributed by atoms with E-state index < -0.39 is 17.2 Å². The lowest BCUT2D eigenvalue weighted by Crippen LogP contribution is -2.58. The molecule has 1 aromatic rings. The molecule has 2 fully saturated rings. The fourth-order valence-corrected chi connectivity index (χ4v) is 4.30. The Morgan fingerprint density at radius 3 is 2.54 bits per heavy atom. The van der Waals surface area contributed by atoms with Gasteiger partial charge in [0.2, 0.25) is 5.91 Å². The first-order chi connectivity index (χ1) is 13.3. The number of hydroxylamine groups is 3. The summed E-state index contributed by atoms with van der Waals surface area (Å²) in [7, 11) is 0. The normalized spacial score (nSPS) is 28.1. The highest BCUT2D eigenvalue weighted by atomic mass is 19.1. The fourth-order valence-electron chi connectivity index (χ4n) is 4.30. The quantitative estimate of drug-likeness (QED) is 0.524. The molecule has 2 heterocycles. The molecule has 7 heteroatoms. The second kappa shape index (κ2) is 8.84. The van der Waals surface area contributed by atoms with Crippen molar-refractivity contribution in [3.05, 3.63) is 35.4 Å². The van der Waals surface area contributed by atoms with E-state index in [9.17, 15) is 23.9 Å². The van der Waals surface area contributed by atoms with Gasteiger partial charge in [-0.2, -0.15) is 4.65 Å². The molecular formula is C21H31F2N2O3+. The van der Waals surface area contributed by atoms with Gasteiger partial charge >= 0.3 is 0 Å². The molecule has 3 rings (SSSR count). The van der Waals surface area contributed by atoms with Gasteiger partial charge in [-0.15, -0.1) is 0 Å². The number of benzene rings is 1. The molecule has 2 N–H and O–H groups in total. The van der Waals surface area contributed by atoms with Gasteiger partial charge in [0.05, 0.1) is 5.60 Å². The summed E-state index contributed by atoms with van der Waals surface area (Å²) in [6.07, 6.45) is 5.38. The molecule has 0 atom stereocenters. The number of halogens is 2. The molecule has 28 heavy (non-hydrogen) atoms.